The molecule has 0 saturated heterocycles. The third-order valence-electron chi connectivity index (χ3n) is 2.38. The third-order valence-corrected chi connectivity index (χ3v) is 2.38. The van der Waals surface area contributed by atoms with Crippen molar-refractivity contribution in [2.24, 2.45) is 5.73 Å². The number of hydrogen-bond donors (Lipinski definition) is 1. The van der Waals surface area contributed by atoms with Gasteiger partial charge < -0.3 is 5.73 Å². The molecule has 1 atom stereocenters. The fraction of sp³-hybridized carbons (Fsp3) is 0.154. The Morgan fingerprint density at radius 3 is 2.40 bits per heavy atom. The van der Waals surface area contributed by atoms with Crippen LogP contribution < -0.4 is 5.73 Å². The SMILES string of the molecule is N[C@@H](Cc1ccccn1)c1ccccc1. The van der Waals surface area contributed by atoms with E-state index in [9.17, 15) is 0 Å². The summed E-state index contributed by atoms with van der Waals surface area (Å²) in [7, 11) is 0. The summed E-state index contributed by atoms with van der Waals surface area (Å²) in [5.74, 6) is 0. The largest absolute Gasteiger partial charge is 0.324 e. The average molecular weight is 198 g/mol. The van der Waals surface area contributed by atoms with Gasteiger partial charge in [-0.05, 0) is 17.7 Å². The first-order valence-corrected chi connectivity index (χ1v) is 5.06. The second-order valence-electron chi connectivity index (χ2n) is 3.54. The number of rotatable bonds is 3. The van der Waals surface area contributed by atoms with Gasteiger partial charge in [0.05, 0.1) is 0 Å². The molecule has 1 aromatic heterocycles. The lowest BCUT2D eigenvalue weighted by Gasteiger charge is -2.10. The molecule has 0 fully saturated rings. The molecule has 0 aliphatic carbocycles. The van der Waals surface area contributed by atoms with Crippen molar-refractivity contribution < 1.29 is 0 Å². The molecule has 0 amide bonds. The van der Waals surface area contributed by atoms with Gasteiger partial charge in [0.1, 0.15) is 0 Å². The minimum absolute atomic E-state index is 0.0288. The molecular weight excluding hydrogens is 184 g/mol. The number of nitrogens with two attached hydrogens (primary N) is 1. The van der Waals surface area contributed by atoms with Crippen LogP contribution in [0.5, 0.6) is 0 Å². The van der Waals surface area contributed by atoms with E-state index in [1.807, 2.05) is 48.5 Å². The number of pyridine rings is 1. The van der Waals surface area contributed by atoms with Crippen LogP contribution in [0.4, 0.5) is 0 Å². The molecule has 2 heteroatoms. The predicted molar refractivity (Wildman–Crippen MR) is 61.3 cm³/mol. The third kappa shape index (κ3) is 2.64. The number of aromatic nitrogens is 1. The molecule has 2 N–H and O–H groups in total. The second kappa shape index (κ2) is 4.71. The Balaban J connectivity index is 2.08. The van der Waals surface area contributed by atoms with E-state index in [-0.39, 0.29) is 6.04 Å². The monoisotopic (exact) mass is 198 g/mol. The van der Waals surface area contributed by atoms with E-state index in [0.29, 0.717) is 0 Å². The molecule has 0 aliphatic rings. The molecule has 15 heavy (non-hydrogen) atoms. The minimum atomic E-state index is 0.0288. The zero-order chi connectivity index (χ0) is 10.5. The van der Waals surface area contributed by atoms with Crippen LogP contribution in [0.15, 0.2) is 54.7 Å². The van der Waals surface area contributed by atoms with E-state index in [1.54, 1.807) is 6.20 Å². The van der Waals surface area contributed by atoms with Crippen molar-refractivity contribution in [2.75, 3.05) is 0 Å². The van der Waals surface area contributed by atoms with E-state index in [4.69, 9.17) is 5.73 Å². The van der Waals surface area contributed by atoms with Crippen LogP contribution in [0.25, 0.3) is 0 Å². The number of benzene rings is 1. The van der Waals surface area contributed by atoms with Crippen LogP contribution in [0.1, 0.15) is 17.3 Å². The summed E-state index contributed by atoms with van der Waals surface area (Å²) >= 11 is 0. The van der Waals surface area contributed by atoms with E-state index < -0.39 is 0 Å². The lowest BCUT2D eigenvalue weighted by molar-refractivity contribution is 0.707. The topological polar surface area (TPSA) is 38.9 Å². The lowest BCUT2D eigenvalue weighted by atomic mass is 10.0. The molecule has 2 aromatic rings. The molecule has 2 rings (SSSR count). The summed E-state index contributed by atoms with van der Waals surface area (Å²) in [6.45, 7) is 0. The Labute approximate surface area is 89.8 Å². The summed E-state index contributed by atoms with van der Waals surface area (Å²) in [4.78, 5) is 4.26. The van der Waals surface area contributed by atoms with Gasteiger partial charge in [-0.2, -0.15) is 0 Å². The standard InChI is InChI=1S/C13H14N2/c14-13(11-6-2-1-3-7-11)10-12-8-4-5-9-15-12/h1-9,13H,10,14H2/t13-/m0/s1. The van der Waals surface area contributed by atoms with Gasteiger partial charge in [0.15, 0.2) is 0 Å². The van der Waals surface area contributed by atoms with Crippen molar-refractivity contribution >= 4 is 0 Å². The van der Waals surface area contributed by atoms with Crippen molar-refractivity contribution in [3.8, 4) is 0 Å². The second-order valence-corrected chi connectivity index (χ2v) is 3.54. The first kappa shape index (κ1) is 9.87. The lowest BCUT2D eigenvalue weighted by Crippen LogP contribution is -2.13. The minimum Gasteiger partial charge on any atom is -0.324 e. The molecule has 2 nitrogen and oxygen atoms in total. The Hall–Kier alpha value is -1.67. The van der Waals surface area contributed by atoms with Crippen LogP contribution in [-0.2, 0) is 6.42 Å². The zero-order valence-electron chi connectivity index (χ0n) is 8.51. The van der Waals surface area contributed by atoms with Gasteiger partial charge in [0, 0.05) is 24.4 Å². The highest BCUT2D eigenvalue weighted by molar-refractivity contribution is 5.20. The van der Waals surface area contributed by atoms with Crippen molar-refractivity contribution in [2.45, 2.75) is 12.5 Å². The van der Waals surface area contributed by atoms with Gasteiger partial charge >= 0.3 is 0 Å². The van der Waals surface area contributed by atoms with Crippen LogP contribution in [0.2, 0.25) is 0 Å². The van der Waals surface area contributed by atoms with E-state index in [2.05, 4.69) is 4.98 Å². The molecule has 76 valence electrons. The van der Waals surface area contributed by atoms with Gasteiger partial charge in [0.2, 0.25) is 0 Å². The predicted octanol–water partition coefficient (Wildman–Crippen LogP) is 2.32. The van der Waals surface area contributed by atoms with E-state index >= 15 is 0 Å². The van der Waals surface area contributed by atoms with Crippen molar-refractivity contribution in [3.63, 3.8) is 0 Å². The number of hydrogen-bond acceptors (Lipinski definition) is 2. The maximum atomic E-state index is 6.09. The first-order valence-electron chi connectivity index (χ1n) is 5.06. The normalized spacial score (nSPS) is 12.3. The average Bonchev–Trinajstić information content (AvgIpc) is 2.31. The molecule has 0 saturated carbocycles. The van der Waals surface area contributed by atoms with E-state index in [1.165, 1.54) is 0 Å². The van der Waals surface area contributed by atoms with Crippen LogP contribution >= 0.6 is 0 Å². The van der Waals surface area contributed by atoms with Crippen molar-refractivity contribution in [1.82, 2.24) is 4.98 Å². The Bertz CT molecular complexity index is 397. The van der Waals surface area contributed by atoms with Crippen LogP contribution in [0, 0.1) is 0 Å². The molecule has 0 bridgehead atoms. The van der Waals surface area contributed by atoms with Crippen LogP contribution in [-0.4, -0.2) is 4.98 Å². The molecule has 1 heterocycles. The maximum Gasteiger partial charge on any atom is 0.0422 e. The molecule has 0 aliphatic heterocycles. The Morgan fingerprint density at radius 2 is 1.73 bits per heavy atom. The van der Waals surface area contributed by atoms with Crippen molar-refractivity contribution in [1.29, 1.82) is 0 Å². The summed E-state index contributed by atoms with van der Waals surface area (Å²) in [6.07, 6.45) is 2.58. The summed E-state index contributed by atoms with van der Waals surface area (Å²) in [5, 5.41) is 0. The van der Waals surface area contributed by atoms with E-state index in [0.717, 1.165) is 17.7 Å². The molecule has 0 spiro atoms. The van der Waals surface area contributed by atoms with Gasteiger partial charge in [-0.3, -0.25) is 4.98 Å². The van der Waals surface area contributed by atoms with Gasteiger partial charge in [-0.15, -0.1) is 0 Å². The fourth-order valence-corrected chi connectivity index (χ4v) is 1.56. The smallest absolute Gasteiger partial charge is 0.0422 e. The van der Waals surface area contributed by atoms with Gasteiger partial charge in [0.25, 0.3) is 0 Å². The maximum absolute atomic E-state index is 6.09. The quantitative estimate of drug-likeness (QED) is 0.822. The highest BCUT2D eigenvalue weighted by Crippen LogP contribution is 2.13. The molecular formula is C13H14N2. The Morgan fingerprint density at radius 1 is 1.00 bits per heavy atom. The van der Waals surface area contributed by atoms with Gasteiger partial charge in [-0.25, -0.2) is 0 Å². The fourth-order valence-electron chi connectivity index (χ4n) is 1.56. The molecule has 1 aromatic carbocycles. The van der Waals surface area contributed by atoms with Crippen molar-refractivity contribution in [3.05, 3.63) is 66.0 Å². The highest BCUT2D eigenvalue weighted by Gasteiger charge is 2.06. The van der Waals surface area contributed by atoms with Gasteiger partial charge in [-0.1, -0.05) is 36.4 Å². The van der Waals surface area contributed by atoms with Crippen LogP contribution in [0.3, 0.4) is 0 Å². The summed E-state index contributed by atoms with van der Waals surface area (Å²) < 4.78 is 0. The summed E-state index contributed by atoms with van der Waals surface area (Å²) in [5.41, 5.74) is 8.28. The first-order chi connectivity index (χ1) is 7.36. The number of nitrogens with zero attached hydrogens (tertiary/aromatic N) is 1. The summed E-state index contributed by atoms with van der Waals surface area (Å²) in [6, 6.07) is 16.0. The molecule has 0 unspecified atom stereocenters. The zero-order valence-corrected chi connectivity index (χ0v) is 8.51. The highest BCUT2D eigenvalue weighted by atomic mass is 14.7. The molecule has 0 radical (unpaired) electrons. The Kier molecular flexibility index (Phi) is 3.10.